The highest BCUT2D eigenvalue weighted by Gasteiger charge is 2.33. The van der Waals surface area contributed by atoms with Crippen molar-refractivity contribution in [2.75, 3.05) is 18.8 Å². The molecule has 2 heterocycles. The third kappa shape index (κ3) is 2.75. The van der Waals surface area contributed by atoms with Crippen LogP contribution in [0.15, 0.2) is 11.5 Å². The van der Waals surface area contributed by atoms with Crippen molar-refractivity contribution in [3.05, 3.63) is 6.33 Å². The van der Waals surface area contributed by atoms with Crippen molar-refractivity contribution in [1.29, 1.82) is 0 Å². The Labute approximate surface area is 114 Å². The van der Waals surface area contributed by atoms with Crippen LogP contribution in [0, 0.1) is 0 Å². The number of β-amino-alcohol motifs (C(OH)–C–C–N with tert-alkyl or cyclic N) is 2. The lowest BCUT2D eigenvalue weighted by molar-refractivity contribution is -0.127. The first kappa shape index (κ1) is 12.9. The lowest BCUT2D eigenvalue weighted by Crippen LogP contribution is -2.31. The van der Waals surface area contributed by atoms with E-state index in [-0.39, 0.29) is 24.7 Å². The van der Waals surface area contributed by atoms with Gasteiger partial charge in [-0.25, -0.2) is 0 Å². The zero-order chi connectivity index (χ0) is 13.4. The van der Waals surface area contributed by atoms with Gasteiger partial charge in [0.05, 0.1) is 18.0 Å². The van der Waals surface area contributed by atoms with E-state index in [2.05, 4.69) is 10.2 Å². The molecule has 0 spiro atoms. The van der Waals surface area contributed by atoms with Crippen molar-refractivity contribution in [1.82, 2.24) is 19.7 Å². The molecule has 1 aromatic rings. The normalized spacial score (nSPS) is 26.9. The molecule has 1 aliphatic carbocycles. The number of hydrogen-bond acceptors (Lipinski definition) is 6. The molecule has 0 bridgehead atoms. The standard InChI is InChI=1S/C11H16N4O3S/c16-8-3-14(4-9(8)17)10(18)5-19-11-13-12-6-15(11)7-1-2-7/h6-9,16-17H,1-5H2. The molecule has 104 valence electrons. The van der Waals surface area contributed by atoms with Crippen LogP contribution < -0.4 is 0 Å². The monoisotopic (exact) mass is 284 g/mol. The summed E-state index contributed by atoms with van der Waals surface area (Å²) < 4.78 is 2.01. The molecule has 2 aliphatic rings. The fraction of sp³-hybridized carbons (Fsp3) is 0.727. The molecular weight excluding hydrogens is 268 g/mol. The molecule has 1 aromatic heterocycles. The van der Waals surface area contributed by atoms with Gasteiger partial charge in [0.15, 0.2) is 5.16 Å². The van der Waals surface area contributed by atoms with Crippen molar-refractivity contribution >= 4 is 17.7 Å². The zero-order valence-corrected chi connectivity index (χ0v) is 11.2. The summed E-state index contributed by atoms with van der Waals surface area (Å²) in [5.74, 6) is 0.163. The Morgan fingerprint density at radius 2 is 2.05 bits per heavy atom. The summed E-state index contributed by atoms with van der Waals surface area (Å²) in [5, 5.41) is 27.5. The van der Waals surface area contributed by atoms with Gasteiger partial charge < -0.3 is 19.7 Å². The third-order valence-electron chi connectivity index (χ3n) is 3.42. The predicted octanol–water partition coefficient (Wildman–Crippen LogP) is -0.731. The average Bonchev–Trinajstić information content (AvgIpc) is 3.04. The summed E-state index contributed by atoms with van der Waals surface area (Å²) >= 11 is 1.35. The van der Waals surface area contributed by atoms with E-state index in [9.17, 15) is 15.0 Å². The highest BCUT2D eigenvalue weighted by Crippen LogP contribution is 2.37. The molecule has 0 radical (unpaired) electrons. The van der Waals surface area contributed by atoms with Crippen LogP contribution in [0.3, 0.4) is 0 Å². The van der Waals surface area contributed by atoms with Crippen LogP contribution in [0.1, 0.15) is 18.9 Å². The third-order valence-corrected chi connectivity index (χ3v) is 4.36. The molecule has 0 aromatic carbocycles. The second-order valence-electron chi connectivity index (χ2n) is 4.97. The number of nitrogens with zero attached hydrogens (tertiary/aromatic N) is 4. The van der Waals surface area contributed by atoms with Gasteiger partial charge in [0.25, 0.3) is 0 Å². The number of thioether (sulfide) groups is 1. The molecule has 3 rings (SSSR count). The van der Waals surface area contributed by atoms with Gasteiger partial charge in [-0.2, -0.15) is 0 Å². The van der Waals surface area contributed by atoms with Crippen molar-refractivity contribution in [2.45, 2.75) is 36.2 Å². The van der Waals surface area contributed by atoms with Gasteiger partial charge in [0.2, 0.25) is 5.91 Å². The molecule has 1 aliphatic heterocycles. The van der Waals surface area contributed by atoms with Gasteiger partial charge in [-0.15, -0.1) is 10.2 Å². The van der Waals surface area contributed by atoms with Gasteiger partial charge in [-0.3, -0.25) is 4.79 Å². The lowest BCUT2D eigenvalue weighted by Gasteiger charge is -2.14. The van der Waals surface area contributed by atoms with Gasteiger partial charge >= 0.3 is 0 Å². The van der Waals surface area contributed by atoms with Crippen LogP contribution in [0.4, 0.5) is 0 Å². The van der Waals surface area contributed by atoms with E-state index in [4.69, 9.17) is 0 Å². The molecule has 2 fully saturated rings. The molecule has 1 amide bonds. The number of aliphatic hydroxyl groups excluding tert-OH is 2. The zero-order valence-electron chi connectivity index (χ0n) is 10.3. The average molecular weight is 284 g/mol. The molecular formula is C11H16N4O3S. The summed E-state index contributed by atoms with van der Waals surface area (Å²) in [5.41, 5.74) is 0. The van der Waals surface area contributed by atoms with Crippen LogP contribution in [0.5, 0.6) is 0 Å². The minimum Gasteiger partial charge on any atom is -0.388 e. The summed E-state index contributed by atoms with van der Waals surface area (Å²) in [6, 6.07) is 0.489. The summed E-state index contributed by atoms with van der Waals surface area (Å²) in [7, 11) is 0. The molecule has 2 unspecified atom stereocenters. The Morgan fingerprint density at radius 3 is 2.68 bits per heavy atom. The summed E-state index contributed by atoms with van der Waals surface area (Å²) in [6.45, 7) is 0.408. The minimum atomic E-state index is -0.830. The largest absolute Gasteiger partial charge is 0.388 e. The molecule has 7 nitrogen and oxygen atoms in total. The van der Waals surface area contributed by atoms with E-state index < -0.39 is 12.2 Å². The number of carbonyl (C=O) groups excluding carboxylic acids is 1. The fourth-order valence-electron chi connectivity index (χ4n) is 2.13. The smallest absolute Gasteiger partial charge is 0.233 e. The van der Waals surface area contributed by atoms with Crippen molar-refractivity contribution < 1.29 is 15.0 Å². The molecule has 2 atom stereocenters. The van der Waals surface area contributed by atoms with Crippen LogP contribution in [-0.2, 0) is 4.79 Å². The van der Waals surface area contributed by atoms with E-state index in [0.29, 0.717) is 6.04 Å². The van der Waals surface area contributed by atoms with Crippen molar-refractivity contribution in [3.63, 3.8) is 0 Å². The van der Waals surface area contributed by atoms with E-state index in [1.165, 1.54) is 16.7 Å². The van der Waals surface area contributed by atoms with E-state index in [0.717, 1.165) is 18.0 Å². The van der Waals surface area contributed by atoms with Crippen molar-refractivity contribution in [2.24, 2.45) is 0 Å². The Morgan fingerprint density at radius 1 is 1.37 bits per heavy atom. The number of hydrogen-bond donors (Lipinski definition) is 2. The Hall–Kier alpha value is -1.12. The predicted molar refractivity (Wildman–Crippen MR) is 67.6 cm³/mol. The highest BCUT2D eigenvalue weighted by molar-refractivity contribution is 7.99. The summed E-state index contributed by atoms with van der Waals surface area (Å²) in [4.78, 5) is 13.4. The lowest BCUT2D eigenvalue weighted by atomic mass is 10.3. The number of aromatic nitrogens is 3. The molecule has 2 N–H and O–H groups in total. The van der Waals surface area contributed by atoms with Gasteiger partial charge in [0.1, 0.15) is 6.33 Å². The second-order valence-corrected chi connectivity index (χ2v) is 5.92. The van der Waals surface area contributed by atoms with Gasteiger partial charge in [0, 0.05) is 19.1 Å². The maximum atomic E-state index is 12.0. The highest BCUT2D eigenvalue weighted by atomic mass is 32.2. The first-order chi connectivity index (χ1) is 9.15. The molecule has 19 heavy (non-hydrogen) atoms. The second kappa shape index (κ2) is 5.10. The van der Waals surface area contributed by atoms with Crippen LogP contribution in [-0.4, -0.2) is 66.8 Å². The molecule has 8 heteroatoms. The maximum Gasteiger partial charge on any atom is 0.233 e. The maximum absolute atomic E-state index is 12.0. The first-order valence-electron chi connectivity index (χ1n) is 6.31. The number of likely N-dealkylation sites (tertiary alicyclic amines) is 1. The van der Waals surface area contributed by atoms with E-state index in [1.807, 2.05) is 4.57 Å². The van der Waals surface area contributed by atoms with Gasteiger partial charge in [-0.05, 0) is 12.8 Å². The number of amides is 1. The van der Waals surface area contributed by atoms with Crippen molar-refractivity contribution in [3.8, 4) is 0 Å². The van der Waals surface area contributed by atoms with E-state index >= 15 is 0 Å². The SMILES string of the molecule is O=C(CSc1nncn1C1CC1)N1CC(O)C(O)C1. The number of rotatable bonds is 4. The Kier molecular flexibility index (Phi) is 3.46. The van der Waals surface area contributed by atoms with Crippen LogP contribution >= 0.6 is 11.8 Å². The molecule has 1 saturated heterocycles. The minimum absolute atomic E-state index is 0.0917. The quantitative estimate of drug-likeness (QED) is 0.708. The summed E-state index contributed by atoms with van der Waals surface area (Å²) in [6.07, 6.45) is 2.33. The fourth-order valence-corrected chi connectivity index (χ4v) is 3.01. The number of carbonyl (C=O) groups is 1. The van der Waals surface area contributed by atoms with Gasteiger partial charge in [-0.1, -0.05) is 11.8 Å². The van der Waals surface area contributed by atoms with E-state index in [1.54, 1.807) is 6.33 Å². The molecule has 1 saturated carbocycles. The van der Waals surface area contributed by atoms with Crippen LogP contribution in [0.2, 0.25) is 0 Å². The Balaban J connectivity index is 1.54. The van der Waals surface area contributed by atoms with Crippen LogP contribution in [0.25, 0.3) is 0 Å². The number of aliphatic hydroxyl groups is 2. The first-order valence-corrected chi connectivity index (χ1v) is 7.30. The Bertz CT molecular complexity index is 466. The topological polar surface area (TPSA) is 91.5 Å².